The van der Waals surface area contributed by atoms with Gasteiger partial charge in [-0.3, -0.25) is 4.79 Å². The van der Waals surface area contributed by atoms with Crippen molar-refractivity contribution in [2.75, 3.05) is 44.8 Å². The van der Waals surface area contributed by atoms with Crippen LogP contribution in [0.1, 0.15) is 132 Å². The summed E-state index contributed by atoms with van der Waals surface area (Å²) in [6.45, 7) is 1.43. The van der Waals surface area contributed by atoms with Crippen molar-refractivity contribution >= 4 is 65.8 Å². The molecule has 8 N–H and O–H groups in total. The normalized spacial score (nSPS) is 30.0. The molecular weight excluding hydrogens is 1130 g/mol. The first-order valence-electron chi connectivity index (χ1n) is 30.3. The maximum Gasteiger partial charge on any atom is 0.186 e. The van der Waals surface area contributed by atoms with Gasteiger partial charge in [0.1, 0.15) is 11.9 Å². The summed E-state index contributed by atoms with van der Waals surface area (Å²) in [6, 6.07) is 25.8. The van der Waals surface area contributed by atoms with E-state index in [-0.39, 0.29) is 53.5 Å². The maximum atomic E-state index is 17.8. The summed E-state index contributed by atoms with van der Waals surface area (Å²) in [5, 5.41) is 79.6. The number of aromatic nitrogens is 1. The highest BCUT2D eigenvalue weighted by atomic mass is 33.1. The molecule has 0 spiro atoms. The number of methoxy groups -OCH3 is 1. The topological polar surface area (TPSA) is 194 Å². The van der Waals surface area contributed by atoms with Crippen LogP contribution in [-0.2, 0) is 41.4 Å². The number of aromatic amines is 1. The second-order valence-electron chi connectivity index (χ2n) is 24.3. The largest absolute Gasteiger partial charge is 0.507 e. The van der Waals surface area contributed by atoms with E-state index >= 15 is 4.79 Å². The van der Waals surface area contributed by atoms with E-state index in [0.717, 1.165) is 119 Å². The molecule has 12 rings (SSSR count). The van der Waals surface area contributed by atoms with Gasteiger partial charge in [0.25, 0.3) is 0 Å². The molecule has 5 aromatic carbocycles. The highest BCUT2D eigenvalue weighted by molar-refractivity contribution is 8.77. The number of aliphatic hydroxyl groups excluding tert-OH is 4. The van der Waals surface area contributed by atoms with Gasteiger partial charge in [0.15, 0.2) is 35.6 Å². The number of carbonyl (C=O) groups is 1. The van der Waals surface area contributed by atoms with Crippen molar-refractivity contribution in [3.63, 3.8) is 0 Å². The highest BCUT2D eigenvalue weighted by Crippen LogP contribution is 2.59. The summed E-state index contributed by atoms with van der Waals surface area (Å²) in [5.41, 5.74) is 6.36. The number of nitrogens with one attached hydrogen (secondary N) is 2. The number of Topliss-reactive ketones (excluding diaryl/α,β-unsaturated/α-hetero) is 1. The lowest BCUT2D eigenvalue weighted by atomic mass is 9.52. The van der Waals surface area contributed by atoms with Gasteiger partial charge >= 0.3 is 0 Å². The SMILES string of the molecule is CCc1ccc2cccc3c2c1Cc1c(ccc(O)c1OC)C[C@@H](Cc1cc[nH]c1)[C@H](O)[C@@H]1C(=O)[C@@](c2cc(O)c4c(c2)[C@@]2(NC)CCCC[C@@H]2C=C4)([C@H]2CSSC[C@H]4CCCC[C@@H]4Oc4cc2ccc4OCO)[C@H](O)C[C@H]1CSS[C@H]3CO. The van der Waals surface area contributed by atoms with E-state index in [1.807, 2.05) is 61.9 Å². The van der Waals surface area contributed by atoms with Crippen molar-refractivity contribution in [3.05, 3.63) is 153 Å². The van der Waals surface area contributed by atoms with E-state index in [4.69, 9.17) is 14.2 Å². The number of phenols is 2. The quantitative estimate of drug-likeness (QED) is 0.0477. The fraction of sp³-hybridized carbons (Fsp3) is 0.485. The van der Waals surface area contributed by atoms with Crippen LogP contribution in [-0.4, -0.2) is 105 Å². The Morgan fingerprint density at radius 1 is 0.869 bits per heavy atom. The van der Waals surface area contributed by atoms with Gasteiger partial charge in [0.2, 0.25) is 0 Å². The van der Waals surface area contributed by atoms with Crippen LogP contribution >= 0.6 is 43.2 Å². The number of rotatable bonds is 10. The molecule has 16 heteroatoms. The number of aromatic hydroxyl groups is 2. The number of hydrogen-bond donors (Lipinski definition) is 8. The Hall–Kier alpha value is -4.75. The van der Waals surface area contributed by atoms with Crippen molar-refractivity contribution < 1.29 is 49.6 Å². The lowest BCUT2D eigenvalue weighted by Crippen LogP contribution is -2.62. The lowest BCUT2D eigenvalue weighted by Gasteiger charge is -2.53. The standard InChI is InChI=1S/C68H80N2O10S4/c1-4-40-15-16-41-11-9-13-50-60(34-71)84-83-36-46-29-61(75)68(48-30-53-49(56(74)31-48)20-19-47-12-7-8-24-67(47,53)69-2,54-37-82-81-35-44-10-5-6-14-57(44)80-59-28-43(54)18-22-58(59)79-38-72)66(77)63(46)64(76)45(26-39-23-25-70-33-39)27-42-17-21-55(73)65(78-3)52(42)32-51(40)62(41)50/h9,11,13,15-23,25,28,30-31,33,44-47,54,57,60-61,63-64,69-76H,4-8,10,12,14,24,26-27,29,32,34-38H2,1-3H3/t44-,45-,46+,47-,54+,57+,60+,61-,63-,64+,67-,68+/m1/s1. The third-order valence-electron chi connectivity index (χ3n) is 20.2. The minimum Gasteiger partial charge on any atom is -0.507 e. The van der Waals surface area contributed by atoms with Crippen LogP contribution in [0.15, 0.2) is 97.3 Å². The molecule has 4 aliphatic carbocycles. The molecule has 3 fully saturated rings. The number of fused-ring (bicyclic) bond motifs is 8. The molecule has 1 aromatic heterocycles. The minimum absolute atomic E-state index is 0.000927. The zero-order valence-corrected chi connectivity index (χ0v) is 51.5. The smallest absolute Gasteiger partial charge is 0.186 e. The van der Waals surface area contributed by atoms with Gasteiger partial charge in [-0.15, -0.1) is 0 Å². The lowest BCUT2D eigenvalue weighted by molar-refractivity contribution is -0.150. The van der Waals surface area contributed by atoms with Crippen molar-refractivity contribution in [1.82, 2.24) is 10.3 Å². The number of hydrogen-bond acceptors (Lipinski definition) is 15. The van der Waals surface area contributed by atoms with Crippen LogP contribution in [0.5, 0.6) is 28.7 Å². The van der Waals surface area contributed by atoms with Gasteiger partial charge in [-0.2, -0.15) is 0 Å². The number of carbonyl (C=O) groups excluding carboxylic acids is 1. The summed E-state index contributed by atoms with van der Waals surface area (Å²) in [5.74, 6) is 0.0128. The van der Waals surface area contributed by atoms with Gasteiger partial charge in [-0.05, 0) is 168 Å². The Kier molecular flexibility index (Phi) is 18.1. The number of benzene rings is 5. The second-order valence-corrected chi connectivity index (χ2v) is 29.5. The Labute approximate surface area is 509 Å². The summed E-state index contributed by atoms with van der Waals surface area (Å²) < 4.78 is 19.1. The molecule has 84 heavy (non-hydrogen) atoms. The van der Waals surface area contributed by atoms with Crippen LogP contribution in [0.4, 0.5) is 0 Å². The molecule has 446 valence electrons. The number of H-pyrrole nitrogens is 1. The van der Waals surface area contributed by atoms with Gasteiger partial charge in [-0.1, -0.05) is 130 Å². The Balaban J connectivity index is 1.08. The first-order chi connectivity index (χ1) is 40.9. The summed E-state index contributed by atoms with van der Waals surface area (Å²) in [4.78, 5) is 21.0. The number of ether oxygens (including phenoxy) is 3. The molecule has 0 amide bonds. The number of aryl methyl sites for hydroxylation is 1. The van der Waals surface area contributed by atoms with Crippen molar-refractivity contribution in [1.29, 1.82) is 0 Å². The van der Waals surface area contributed by atoms with Crippen LogP contribution in [0, 0.1) is 29.6 Å². The predicted molar refractivity (Wildman–Crippen MR) is 341 cm³/mol. The first-order valence-corrected chi connectivity index (χ1v) is 35.2. The summed E-state index contributed by atoms with van der Waals surface area (Å²) in [7, 11) is 10.2. The zero-order valence-electron chi connectivity index (χ0n) is 48.3. The van der Waals surface area contributed by atoms with Crippen LogP contribution in [0.3, 0.4) is 0 Å². The van der Waals surface area contributed by atoms with Crippen molar-refractivity contribution in [3.8, 4) is 28.7 Å². The summed E-state index contributed by atoms with van der Waals surface area (Å²) >= 11 is 0. The average Bonchev–Trinajstić information content (AvgIpc) is 1.05. The number of phenolic OH excluding ortho intramolecular Hbond substituents is 2. The van der Waals surface area contributed by atoms with Gasteiger partial charge < -0.3 is 55.2 Å². The zero-order chi connectivity index (χ0) is 58.3. The van der Waals surface area contributed by atoms with Crippen molar-refractivity contribution in [2.24, 2.45) is 29.6 Å². The van der Waals surface area contributed by atoms with Crippen LogP contribution in [0.25, 0.3) is 16.8 Å². The molecular formula is C68H80N2O10S4. The number of ketones is 1. The third kappa shape index (κ3) is 10.8. The predicted octanol–water partition coefficient (Wildman–Crippen LogP) is 12.5. The molecule has 6 aliphatic rings. The second kappa shape index (κ2) is 25.5. The molecule has 2 aliphatic heterocycles. The highest BCUT2D eigenvalue weighted by Gasteiger charge is 2.62. The van der Waals surface area contributed by atoms with E-state index in [9.17, 15) is 30.6 Å². The number of aliphatic hydroxyl groups is 4. The Bertz CT molecular complexity index is 3380. The molecule has 12 atom stereocenters. The molecule has 6 aromatic rings. The fourth-order valence-corrected chi connectivity index (χ4v) is 21.7. The first kappa shape index (κ1) is 59.6. The average molecular weight is 1210 g/mol. The summed E-state index contributed by atoms with van der Waals surface area (Å²) in [6.07, 6.45) is 15.2. The Morgan fingerprint density at radius 2 is 1.70 bits per heavy atom. The molecule has 0 radical (unpaired) electrons. The van der Waals surface area contributed by atoms with E-state index in [1.165, 1.54) is 0 Å². The molecule has 0 saturated heterocycles. The van der Waals surface area contributed by atoms with E-state index in [0.29, 0.717) is 59.1 Å². The van der Waals surface area contributed by atoms with Crippen LogP contribution in [0.2, 0.25) is 0 Å². The Morgan fingerprint density at radius 3 is 2.50 bits per heavy atom. The van der Waals surface area contributed by atoms with Gasteiger partial charge in [-0.25, -0.2) is 0 Å². The van der Waals surface area contributed by atoms with E-state index < -0.39 is 53.6 Å². The monoisotopic (exact) mass is 1210 g/mol. The van der Waals surface area contributed by atoms with E-state index in [1.54, 1.807) is 62.4 Å². The van der Waals surface area contributed by atoms with E-state index in [2.05, 4.69) is 53.6 Å². The molecule has 2 bridgehead atoms. The van der Waals surface area contributed by atoms with Gasteiger partial charge in [0.05, 0.1) is 42.1 Å². The minimum atomic E-state index is -1.76. The fourth-order valence-electron chi connectivity index (χ4n) is 16.0. The van der Waals surface area contributed by atoms with Gasteiger partial charge in [0, 0.05) is 65.0 Å². The molecule has 0 unspecified atom stereocenters. The maximum absolute atomic E-state index is 17.8. The third-order valence-corrected chi connectivity index (χ3v) is 25.6. The van der Waals surface area contributed by atoms with Crippen molar-refractivity contribution in [2.45, 2.75) is 131 Å². The molecule has 3 saturated carbocycles. The molecule has 12 nitrogen and oxygen atoms in total. The molecule has 3 heterocycles. The van der Waals surface area contributed by atoms with Crippen LogP contribution < -0.4 is 19.5 Å².